The van der Waals surface area contributed by atoms with Gasteiger partial charge in [0, 0.05) is 27.8 Å². The van der Waals surface area contributed by atoms with Crippen molar-refractivity contribution in [3.8, 4) is 0 Å². The Labute approximate surface area is 110 Å². The van der Waals surface area contributed by atoms with Crippen molar-refractivity contribution in [2.24, 2.45) is 7.05 Å². The van der Waals surface area contributed by atoms with Crippen LogP contribution in [0.5, 0.6) is 0 Å². The van der Waals surface area contributed by atoms with E-state index in [0.717, 1.165) is 8.95 Å². The molecule has 3 nitrogen and oxygen atoms in total. The summed E-state index contributed by atoms with van der Waals surface area (Å²) in [6, 6.07) is 7.18. The first-order valence-corrected chi connectivity index (χ1v) is 6.15. The molecule has 0 bridgehead atoms. The predicted octanol–water partition coefficient (Wildman–Crippen LogP) is 3.18. The third-order valence-electron chi connectivity index (χ3n) is 2.18. The number of carbonyl (C=O) groups is 1. The first kappa shape index (κ1) is 11.5. The summed E-state index contributed by atoms with van der Waals surface area (Å²) in [5.41, 5.74) is 1.20. The summed E-state index contributed by atoms with van der Waals surface area (Å²) in [5, 5.41) is 3.98. The van der Waals surface area contributed by atoms with Crippen molar-refractivity contribution in [2.75, 3.05) is 0 Å². The zero-order valence-corrected chi connectivity index (χ0v) is 11.6. The fourth-order valence-electron chi connectivity index (χ4n) is 1.43. The minimum Gasteiger partial charge on any atom is -0.287 e. The fourth-order valence-corrected chi connectivity index (χ4v) is 2.72. The number of aromatic nitrogens is 2. The van der Waals surface area contributed by atoms with Crippen LogP contribution in [-0.2, 0) is 7.05 Å². The van der Waals surface area contributed by atoms with Crippen molar-refractivity contribution in [3.63, 3.8) is 0 Å². The van der Waals surface area contributed by atoms with Gasteiger partial charge in [-0.1, -0.05) is 31.9 Å². The molecule has 0 unspecified atom stereocenters. The zero-order valence-electron chi connectivity index (χ0n) is 8.45. The number of halogens is 2. The SMILES string of the molecule is Cn1nccc1C(=O)c1cc(Br)cc(Br)c1. The molecule has 82 valence electrons. The van der Waals surface area contributed by atoms with Crippen LogP contribution in [-0.4, -0.2) is 15.6 Å². The molecule has 0 amide bonds. The Balaban J connectivity index is 2.45. The molecule has 16 heavy (non-hydrogen) atoms. The summed E-state index contributed by atoms with van der Waals surface area (Å²) in [4.78, 5) is 12.1. The number of aryl methyl sites for hydroxylation is 1. The van der Waals surface area contributed by atoms with E-state index in [1.807, 2.05) is 6.07 Å². The first-order chi connectivity index (χ1) is 7.58. The average Bonchev–Trinajstić information content (AvgIpc) is 2.62. The molecule has 0 saturated heterocycles. The van der Waals surface area contributed by atoms with E-state index in [-0.39, 0.29) is 5.78 Å². The summed E-state index contributed by atoms with van der Waals surface area (Å²) >= 11 is 6.72. The molecule has 0 N–H and O–H groups in total. The van der Waals surface area contributed by atoms with Crippen LogP contribution in [0.25, 0.3) is 0 Å². The molecule has 1 aromatic heterocycles. The van der Waals surface area contributed by atoms with Crippen LogP contribution in [0.2, 0.25) is 0 Å². The van der Waals surface area contributed by atoms with Gasteiger partial charge in [0.15, 0.2) is 0 Å². The molecular formula is C11H8Br2N2O. The molecular weight excluding hydrogens is 336 g/mol. The minimum absolute atomic E-state index is 0.0398. The van der Waals surface area contributed by atoms with Crippen LogP contribution in [0.4, 0.5) is 0 Å². The van der Waals surface area contributed by atoms with Gasteiger partial charge in [0.2, 0.25) is 5.78 Å². The van der Waals surface area contributed by atoms with Crippen molar-refractivity contribution in [2.45, 2.75) is 0 Å². The van der Waals surface area contributed by atoms with Gasteiger partial charge in [0.05, 0.1) is 0 Å². The average molecular weight is 344 g/mol. The topological polar surface area (TPSA) is 34.9 Å². The number of hydrogen-bond acceptors (Lipinski definition) is 2. The molecule has 0 aliphatic heterocycles. The lowest BCUT2D eigenvalue weighted by molar-refractivity contribution is 0.103. The van der Waals surface area contributed by atoms with Gasteiger partial charge >= 0.3 is 0 Å². The highest BCUT2D eigenvalue weighted by atomic mass is 79.9. The van der Waals surface area contributed by atoms with Gasteiger partial charge in [-0.15, -0.1) is 0 Å². The van der Waals surface area contributed by atoms with E-state index < -0.39 is 0 Å². The predicted molar refractivity (Wildman–Crippen MR) is 68.5 cm³/mol. The Bertz CT molecular complexity index is 528. The van der Waals surface area contributed by atoms with Gasteiger partial charge in [-0.25, -0.2) is 0 Å². The van der Waals surface area contributed by atoms with Gasteiger partial charge < -0.3 is 0 Å². The molecule has 0 atom stereocenters. The van der Waals surface area contributed by atoms with Crippen molar-refractivity contribution in [1.82, 2.24) is 9.78 Å². The number of nitrogens with zero attached hydrogens (tertiary/aromatic N) is 2. The highest BCUT2D eigenvalue weighted by molar-refractivity contribution is 9.11. The second-order valence-corrected chi connectivity index (χ2v) is 5.16. The number of benzene rings is 1. The summed E-state index contributed by atoms with van der Waals surface area (Å²) < 4.78 is 3.30. The smallest absolute Gasteiger partial charge is 0.211 e. The Morgan fingerprint density at radius 1 is 1.25 bits per heavy atom. The third kappa shape index (κ3) is 2.25. The molecule has 0 radical (unpaired) electrons. The summed E-state index contributed by atoms with van der Waals surface area (Å²) in [6.45, 7) is 0. The molecule has 2 rings (SSSR count). The maximum absolute atomic E-state index is 12.1. The van der Waals surface area contributed by atoms with Crippen LogP contribution in [0, 0.1) is 0 Å². The molecule has 5 heteroatoms. The maximum Gasteiger partial charge on any atom is 0.211 e. The molecule has 0 saturated carbocycles. The number of hydrogen-bond donors (Lipinski definition) is 0. The Morgan fingerprint density at radius 2 is 1.88 bits per heavy atom. The molecule has 0 fully saturated rings. The van der Waals surface area contributed by atoms with Gasteiger partial charge in [0.1, 0.15) is 5.69 Å². The van der Waals surface area contributed by atoms with E-state index in [9.17, 15) is 4.79 Å². The number of carbonyl (C=O) groups excluding carboxylic acids is 1. The molecule has 1 aromatic carbocycles. The second-order valence-electron chi connectivity index (χ2n) is 3.33. The molecule has 2 aromatic rings. The quantitative estimate of drug-likeness (QED) is 0.785. The lowest BCUT2D eigenvalue weighted by atomic mass is 10.1. The van der Waals surface area contributed by atoms with Crippen molar-refractivity contribution < 1.29 is 4.79 Å². The Kier molecular flexibility index (Phi) is 3.25. The monoisotopic (exact) mass is 342 g/mol. The molecule has 1 heterocycles. The lowest BCUT2D eigenvalue weighted by Crippen LogP contribution is -2.08. The highest BCUT2D eigenvalue weighted by Crippen LogP contribution is 2.21. The molecule has 0 spiro atoms. The third-order valence-corrected chi connectivity index (χ3v) is 3.09. The van der Waals surface area contributed by atoms with E-state index in [1.165, 1.54) is 0 Å². The van der Waals surface area contributed by atoms with Gasteiger partial charge in [0.25, 0.3) is 0 Å². The molecule has 0 aliphatic carbocycles. The van der Waals surface area contributed by atoms with Gasteiger partial charge in [-0.2, -0.15) is 5.10 Å². The van der Waals surface area contributed by atoms with Crippen molar-refractivity contribution >= 4 is 37.6 Å². The second kappa shape index (κ2) is 4.51. The minimum atomic E-state index is -0.0398. The summed E-state index contributed by atoms with van der Waals surface area (Å²) in [5.74, 6) is -0.0398. The van der Waals surface area contributed by atoms with Gasteiger partial charge in [-0.3, -0.25) is 9.48 Å². The van der Waals surface area contributed by atoms with Crippen LogP contribution < -0.4 is 0 Å². The zero-order chi connectivity index (χ0) is 11.7. The van der Waals surface area contributed by atoms with Crippen LogP contribution in [0.3, 0.4) is 0 Å². The maximum atomic E-state index is 12.1. The summed E-state index contributed by atoms with van der Waals surface area (Å²) in [6.07, 6.45) is 1.61. The highest BCUT2D eigenvalue weighted by Gasteiger charge is 2.13. The van der Waals surface area contributed by atoms with Crippen LogP contribution in [0.1, 0.15) is 16.1 Å². The Morgan fingerprint density at radius 3 is 2.38 bits per heavy atom. The van der Waals surface area contributed by atoms with Crippen molar-refractivity contribution in [3.05, 3.63) is 50.7 Å². The van der Waals surface area contributed by atoms with Gasteiger partial charge in [-0.05, 0) is 24.3 Å². The largest absolute Gasteiger partial charge is 0.287 e. The fraction of sp³-hybridized carbons (Fsp3) is 0.0909. The van der Waals surface area contributed by atoms with E-state index in [0.29, 0.717) is 11.3 Å². The van der Waals surface area contributed by atoms with Crippen LogP contribution >= 0.6 is 31.9 Å². The van der Waals surface area contributed by atoms with Crippen LogP contribution in [0.15, 0.2) is 39.4 Å². The summed E-state index contributed by atoms with van der Waals surface area (Å²) in [7, 11) is 1.75. The van der Waals surface area contributed by atoms with Crippen molar-refractivity contribution in [1.29, 1.82) is 0 Å². The lowest BCUT2D eigenvalue weighted by Gasteiger charge is -2.03. The number of ketones is 1. The van der Waals surface area contributed by atoms with E-state index in [4.69, 9.17) is 0 Å². The Hall–Kier alpha value is -0.940. The number of rotatable bonds is 2. The first-order valence-electron chi connectivity index (χ1n) is 4.57. The van der Waals surface area contributed by atoms with E-state index in [2.05, 4.69) is 37.0 Å². The van der Waals surface area contributed by atoms with E-state index in [1.54, 1.807) is 36.1 Å². The normalized spacial score (nSPS) is 10.4. The molecule has 0 aliphatic rings. The van der Waals surface area contributed by atoms with E-state index >= 15 is 0 Å². The standard InChI is InChI=1S/C11H8Br2N2O/c1-15-10(2-3-14-15)11(16)7-4-8(12)6-9(13)5-7/h2-6H,1H3.